The minimum absolute atomic E-state index is 0.234. The zero-order chi connectivity index (χ0) is 12.6. The predicted octanol–water partition coefficient (Wildman–Crippen LogP) is 0.0467. The standard InChI is InChI=1S/C7H10F2O6S/c1-6(2-14-3-6)4-15-5(10)7(8,9)16(11,12)13/h2-4H2,1H3,(H,11,12,13). The molecule has 0 aliphatic carbocycles. The van der Waals surface area contributed by atoms with E-state index in [-0.39, 0.29) is 13.2 Å². The molecule has 0 spiro atoms. The van der Waals surface area contributed by atoms with Crippen LogP contribution >= 0.6 is 0 Å². The Labute approximate surface area is 90.3 Å². The summed E-state index contributed by atoms with van der Waals surface area (Å²) in [5.74, 6) is -2.29. The second kappa shape index (κ2) is 3.90. The average molecular weight is 260 g/mol. The van der Waals surface area contributed by atoms with Crippen LogP contribution in [0, 0.1) is 5.41 Å². The lowest BCUT2D eigenvalue weighted by atomic mass is 9.90. The largest absolute Gasteiger partial charge is 0.465 e. The Kier molecular flexibility index (Phi) is 3.23. The molecule has 0 radical (unpaired) electrons. The molecule has 1 heterocycles. The molecule has 16 heavy (non-hydrogen) atoms. The van der Waals surface area contributed by atoms with Gasteiger partial charge in [0.15, 0.2) is 0 Å². The van der Waals surface area contributed by atoms with Crippen LogP contribution in [-0.2, 0) is 24.4 Å². The van der Waals surface area contributed by atoms with Crippen LogP contribution in [0.3, 0.4) is 0 Å². The smallest absolute Gasteiger partial charge is 0.460 e. The highest BCUT2D eigenvalue weighted by Crippen LogP contribution is 2.28. The van der Waals surface area contributed by atoms with Crippen LogP contribution in [0.4, 0.5) is 8.78 Å². The molecule has 1 fully saturated rings. The summed E-state index contributed by atoms with van der Waals surface area (Å²) in [5.41, 5.74) is -0.578. The third kappa shape index (κ3) is 2.47. The van der Waals surface area contributed by atoms with E-state index >= 15 is 0 Å². The molecule has 0 amide bonds. The van der Waals surface area contributed by atoms with E-state index in [0.29, 0.717) is 0 Å². The Morgan fingerprint density at radius 3 is 2.38 bits per heavy atom. The first-order valence-corrected chi connectivity index (χ1v) is 5.62. The number of esters is 1. The number of hydrogen-bond acceptors (Lipinski definition) is 5. The first-order chi connectivity index (χ1) is 7.08. The Hall–Kier alpha value is -0.800. The van der Waals surface area contributed by atoms with E-state index in [1.807, 2.05) is 0 Å². The Balaban J connectivity index is 2.59. The molecule has 0 aromatic heterocycles. The number of carbonyl (C=O) groups is 1. The van der Waals surface area contributed by atoms with Gasteiger partial charge in [-0.1, -0.05) is 6.92 Å². The number of rotatable bonds is 4. The molecular weight excluding hydrogens is 250 g/mol. The van der Waals surface area contributed by atoms with Gasteiger partial charge in [0.2, 0.25) is 0 Å². The van der Waals surface area contributed by atoms with Gasteiger partial charge in [-0.3, -0.25) is 4.55 Å². The minimum atomic E-state index is -5.80. The van der Waals surface area contributed by atoms with E-state index in [4.69, 9.17) is 9.29 Å². The predicted molar refractivity (Wildman–Crippen MR) is 46.4 cm³/mol. The van der Waals surface area contributed by atoms with Crippen LogP contribution in [-0.4, -0.2) is 44.0 Å². The third-order valence-corrected chi connectivity index (χ3v) is 2.83. The fourth-order valence-electron chi connectivity index (χ4n) is 0.963. The van der Waals surface area contributed by atoms with Crippen molar-refractivity contribution in [2.75, 3.05) is 19.8 Å². The van der Waals surface area contributed by atoms with Crippen LogP contribution in [0.25, 0.3) is 0 Å². The SMILES string of the molecule is CC1(COC(=O)C(F)(F)S(=O)(=O)O)COC1. The Bertz CT molecular complexity index is 386. The molecule has 1 rings (SSSR count). The van der Waals surface area contributed by atoms with Crippen LogP contribution in [0.2, 0.25) is 0 Å². The second-order valence-corrected chi connectivity index (χ2v) is 5.33. The molecular formula is C7H10F2O6S. The van der Waals surface area contributed by atoms with E-state index in [1.54, 1.807) is 6.92 Å². The monoisotopic (exact) mass is 260 g/mol. The van der Waals surface area contributed by atoms with Crippen molar-refractivity contribution >= 4 is 16.1 Å². The molecule has 1 N–H and O–H groups in total. The lowest BCUT2D eigenvalue weighted by Gasteiger charge is -2.37. The van der Waals surface area contributed by atoms with Crippen molar-refractivity contribution in [1.29, 1.82) is 0 Å². The van der Waals surface area contributed by atoms with Gasteiger partial charge in [0, 0.05) is 5.41 Å². The van der Waals surface area contributed by atoms with Gasteiger partial charge in [-0.15, -0.1) is 0 Å². The van der Waals surface area contributed by atoms with Crippen LogP contribution in [0.1, 0.15) is 6.92 Å². The quantitative estimate of drug-likeness (QED) is 0.567. The first kappa shape index (κ1) is 13.3. The van der Waals surface area contributed by atoms with Gasteiger partial charge >= 0.3 is 21.3 Å². The molecule has 0 bridgehead atoms. The molecule has 9 heteroatoms. The van der Waals surface area contributed by atoms with Crippen molar-refractivity contribution in [3.63, 3.8) is 0 Å². The maximum atomic E-state index is 12.7. The number of carbonyl (C=O) groups excluding carboxylic acids is 1. The van der Waals surface area contributed by atoms with Gasteiger partial charge in [-0.25, -0.2) is 4.79 Å². The average Bonchev–Trinajstić information content (AvgIpc) is 2.09. The molecule has 94 valence electrons. The van der Waals surface area contributed by atoms with Gasteiger partial charge in [0.05, 0.1) is 13.2 Å². The first-order valence-electron chi connectivity index (χ1n) is 4.18. The van der Waals surface area contributed by atoms with E-state index in [1.165, 1.54) is 0 Å². The van der Waals surface area contributed by atoms with Crippen molar-refractivity contribution in [1.82, 2.24) is 0 Å². The van der Waals surface area contributed by atoms with E-state index in [0.717, 1.165) is 0 Å². The summed E-state index contributed by atoms with van der Waals surface area (Å²) in [4.78, 5) is 10.7. The summed E-state index contributed by atoms with van der Waals surface area (Å²) in [6.07, 6.45) is 0. The lowest BCUT2D eigenvalue weighted by Crippen LogP contribution is -2.46. The molecule has 0 atom stereocenters. The van der Waals surface area contributed by atoms with E-state index < -0.39 is 33.4 Å². The van der Waals surface area contributed by atoms with Gasteiger partial charge in [0.1, 0.15) is 6.61 Å². The van der Waals surface area contributed by atoms with Crippen molar-refractivity contribution in [2.24, 2.45) is 5.41 Å². The van der Waals surface area contributed by atoms with Crippen LogP contribution in [0.15, 0.2) is 0 Å². The van der Waals surface area contributed by atoms with E-state index in [2.05, 4.69) is 4.74 Å². The molecule has 6 nitrogen and oxygen atoms in total. The summed E-state index contributed by atoms with van der Waals surface area (Å²) in [6, 6.07) is 0. The topological polar surface area (TPSA) is 89.9 Å². The highest BCUT2D eigenvalue weighted by Gasteiger charge is 2.54. The maximum Gasteiger partial charge on any atom is 0.465 e. The van der Waals surface area contributed by atoms with Gasteiger partial charge in [-0.2, -0.15) is 17.2 Å². The summed E-state index contributed by atoms with van der Waals surface area (Å²) in [7, 11) is -5.80. The van der Waals surface area contributed by atoms with Crippen molar-refractivity contribution in [2.45, 2.75) is 12.2 Å². The number of alkyl halides is 2. The zero-order valence-electron chi connectivity index (χ0n) is 8.27. The summed E-state index contributed by atoms with van der Waals surface area (Å²) < 4.78 is 62.7. The van der Waals surface area contributed by atoms with Crippen LogP contribution in [0.5, 0.6) is 0 Å². The van der Waals surface area contributed by atoms with Crippen molar-refractivity contribution in [3.8, 4) is 0 Å². The summed E-state index contributed by atoms with van der Waals surface area (Å²) in [5, 5.41) is -4.94. The molecule has 0 saturated carbocycles. The highest BCUT2D eigenvalue weighted by atomic mass is 32.2. The maximum absolute atomic E-state index is 12.7. The number of halogens is 2. The lowest BCUT2D eigenvalue weighted by molar-refractivity contribution is -0.179. The van der Waals surface area contributed by atoms with Crippen molar-refractivity contribution in [3.05, 3.63) is 0 Å². The molecule has 0 unspecified atom stereocenters. The highest BCUT2D eigenvalue weighted by molar-refractivity contribution is 7.87. The molecule has 1 saturated heterocycles. The molecule has 0 aromatic carbocycles. The number of ether oxygens (including phenoxy) is 2. The van der Waals surface area contributed by atoms with Crippen LogP contribution < -0.4 is 0 Å². The summed E-state index contributed by atoms with van der Waals surface area (Å²) >= 11 is 0. The normalized spacial score (nSPS) is 20.0. The fourth-order valence-corrected chi connectivity index (χ4v) is 1.23. The zero-order valence-corrected chi connectivity index (χ0v) is 9.09. The number of hydrogen-bond donors (Lipinski definition) is 1. The van der Waals surface area contributed by atoms with E-state index in [9.17, 15) is 22.0 Å². The Morgan fingerprint density at radius 1 is 1.56 bits per heavy atom. The van der Waals surface area contributed by atoms with Gasteiger partial charge in [-0.05, 0) is 0 Å². The van der Waals surface area contributed by atoms with Gasteiger partial charge < -0.3 is 9.47 Å². The fraction of sp³-hybridized carbons (Fsp3) is 0.857. The minimum Gasteiger partial charge on any atom is -0.460 e. The molecule has 1 aliphatic heterocycles. The second-order valence-electron chi connectivity index (χ2n) is 3.87. The van der Waals surface area contributed by atoms with Crippen molar-refractivity contribution < 1.29 is 36.0 Å². The molecule has 1 aliphatic rings. The van der Waals surface area contributed by atoms with Gasteiger partial charge in [0.25, 0.3) is 0 Å². The molecule has 0 aromatic rings. The summed E-state index contributed by atoms with van der Waals surface area (Å²) in [6.45, 7) is 1.70. The third-order valence-electron chi connectivity index (χ3n) is 2.01. The Morgan fingerprint density at radius 2 is 2.06 bits per heavy atom.